The number of rotatable bonds is 5. The Kier molecular flexibility index (Phi) is 5.37. The zero-order valence-corrected chi connectivity index (χ0v) is 11.8. The lowest BCUT2D eigenvalue weighted by Crippen LogP contribution is -2.25. The molecule has 0 radical (unpaired) electrons. The summed E-state index contributed by atoms with van der Waals surface area (Å²) < 4.78 is 37.7. The second-order valence-electron chi connectivity index (χ2n) is 4.45. The van der Waals surface area contributed by atoms with Crippen LogP contribution < -0.4 is 4.90 Å². The van der Waals surface area contributed by atoms with E-state index >= 15 is 0 Å². The van der Waals surface area contributed by atoms with Crippen LogP contribution in [0.25, 0.3) is 0 Å². The number of alkyl halides is 3. The van der Waals surface area contributed by atoms with E-state index in [1.807, 2.05) is 19.0 Å². The Bertz CT molecular complexity index is 423. The quantitative estimate of drug-likeness (QED) is 0.782. The largest absolute Gasteiger partial charge is 0.451 e. The zero-order valence-electron chi connectivity index (χ0n) is 11.0. The van der Waals surface area contributed by atoms with E-state index in [1.165, 1.54) is 6.07 Å². The standard InChI is InChI=1S/C11H16ClF3N4/c1-18(2)5-4-6-19(3)9-7-8(12)16-10(17-9)11(13,14)15/h7H,4-6H2,1-3H3. The fourth-order valence-corrected chi connectivity index (χ4v) is 1.64. The summed E-state index contributed by atoms with van der Waals surface area (Å²) in [7, 11) is 5.54. The van der Waals surface area contributed by atoms with Crippen LogP contribution in [-0.2, 0) is 6.18 Å². The maximum Gasteiger partial charge on any atom is 0.451 e. The molecule has 1 aromatic rings. The molecule has 0 aliphatic carbocycles. The highest BCUT2D eigenvalue weighted by molar-refractivity contribution is 6.29. The van der Waals surface area contributed by atoms with Crippen molar-refractivity contribution in [1.82, 2.24) is 14.9 Å². The van der Waals surface area contributed by atoms with Gasteiger partial charge < -0.3 is 9.80 Å². The molecular formula is C11H16ClF3N4. The van der Waals surface area contributed by atoms with E-state index in [2.05, 4.69) is 9.97 Å². The molecule has 108 valence electrons. The van der Waals surface area contributed by atoms with Crippen molar-refractivity contribution in [3.05, 3.63) is 17.0 Å². The van der Waals surface area contributed by atoms with Gasteiger partial charge in [0.1, 0.15) is 11.0 Å². The summed E-state index contributed by atoms with van der Waals surface area (Å²) in [6, 6.07) is 1.33. The molecule has 0 saturated carbocycles. The summed E-state index contributed by atoms with van der Waals surface area (Å²) in [5, 5.41) is -0.211. The number of halogens is 4. The predicted molar refractivity (Wildman–Crippen MR) is 68.5 cm³/mol. The van der Waals surface area contributed by atoms with Gasteiger partial charge in [-0.1, -0.05) is 11.6 Å². The van der Waals surface area contributed by atoms with Gasteiger partial charge in [0.05, 0.1) is 0 Å². The number of hydrogen-bond acceptors (Lipinski definition) is 4. The molecule has 1 heterocycles. The van der Waals surface area contributed by atoms with Gasteiger partial charge >= 0.3 is 6.18 Å². The van der Waals surface area contributed by atoms with Crippen LogP contribution in [0.1, 0.15) is 12.2 Å². The molecule has 8 heteroatoms. The van der Waals surface area contributed by atoms with Gasteiger partial charge in [0.25, 0.3) is 0 Å². The van der Waals surface area contributed by atoms with Crippen LogP contribution in [0.15, 0.2) is 6.07 Å². The maximum atomic E-state index is 12.6. The smallest absolute Gasteiger partial charge is 0.359 e. The fraction of sp³-hybridized carbons (Fsp3) is 0.636. The Balaban J connectivity index is 2.79. The molecule has 0 saturated heterocycles. The molecule has 19 heavy (non-hydrogen) atoms. The van der Waals surface area contributed by atoms with Crippen molar-refractivity contribution in [3.63, 3.8) is 0 Å². The maximum absolute atomic E-state index is 12.6. The van der Waals surface area contributed by atoms with Gasteiger partial charge in [-0.3, -0.25) is 0 Å². The topological polar surface area (TPSA) is 32.3 Å². The predicted octanol–water partition coefficient (Wildman–Crippen LogP) is 2.54. The van der Waals surface area contributed by atoms with Crippen LogP contribution in [0, 0.1) is 0 Å². The van der Waals surface area contributed by atoms with Gasteiger partial charge in [-0.15, -0.1) is 0 Å². The van der Waals surface area contributed by atoms with Gasteiger partial charge in [-0.25, -0.2) is 9.97 Å². The molecule has 4 nitrogen and oxygen atoms in total. The average molecular weight is 297 g/mol. The second kappa shape index (κ2) is 6.38. The number of nitrogens with zero attached hydrogens (tertiary/aromatic N) is 4. The molecule has 0 amide bonds. The highest BCUT2D eigenvalue weighted by Gasteiger charge is 2.35. The van der Waals surface area contributed by atoms with Crippen molar-refractivity contribution in [2.24, 2.45) is 0 Å². The summed E-state index contributed by atoms with van der Waals surface area (Å²) >= 11 is 5.60. The minimum atomic E-state index is -4.59. The van der Waals surface area contributed by atoms with Gasteiger partial charge in [-0.05, 0) is 27.1 Å². The Labute approximate surface area is 115 Å². The molecule has 0 unspecified atom stereocenters. The van der Waals surface area contributed by atoms with Crippen LogP contribution in [0.5, 0.6) is 0 Å². The van der Waals surface area contributed by atoms with Crippen LogP contribution in [0.2, 0.25) is 5.15 Å². The third-order valence-electron chi connectivity index (χ3n) is 2.42. The summed E-state index contributed by atoms with van der Waals surface area (Å²) in [5.74, 6) is -1.04. The van der Waals surface area contributed by atoms with Crippen molar-refractivity contribution in [2.75, 3.05) is 39.1 Å². The van der Waals surface area contributed by atoms with Crippen molar-refractivity contribution in [2.45, 2.75) is 12.6 Å². The molecule has 0 aliphatic rings. The average Bonchev–Trinajstić information content (AvgIpc) is 2.26. The summed E-state index contributed by atoms with van der Waals surface area (Å²) in [5.41, 5.74) is 0. The van der Waals surface area contributed by atoms with Crippen molar-refractivity contribution >= 4 is 17.4 Å². The summed E-state index contributed by atoms with van der Waals surface area (Å²) in [6.07, 6.45) is -3.78. The summed E-state index contributed by atoms with van der Waals surface area (Å²) in [6.45, 7) is 1.43. The molecule has 0 aliphatic heterocycles. The van der Waals surface area contributed by atoms with E-state index in [1.54, 1.807) is 11.9 Å². The first kappa shape index (κ1) is 16.0. The van der Waals surface area contributed by atoms with Gasteiger partial charge in [0.15, 0.2) is 0 Å². The lowest BCUT2D eigenvalue weighted by molar-refractivity contribution is -0.144. The molecule has 0 N–H and O–H groups in total. The van der Waals surface area contributed by atoms with E-state index < -0.39 is 12.0 Å². The van der Waals surface area contributed by atoms with E-state index in [0.29, 0.717) is 6.54 Å². The molecular weight excluding hydrogens is 281 g/mol. The van der Waals surface area contributed by atoms with Gasteiger partial charge in [0.2, 0.25) is 5.82 Å². The summed E-state index contributed by atoms with van der Waals surface area (Å²) in [4.78, 5) is 10.3. The van der Waals surface area contributed by atoms with E-state index in [0.717, 1.165) is 13.0 Å². The molecule has 0 fully saturated rings. The van der Waals surface area contributed by atoms with Crippen molar-refractivity contribution < 1.29 is 13.2 Å². The highest BCUT2D eigenvalue weighted by atomic mass is 35.5. The minimum Gasteiger partial charge on any atom is -0.359 e. The highest BCUT2D eigenvalue weighted by Crippen LogP contribution is 2.28. The molecule has 1 rings (SSSR count). The van der Waals surface area contributed by atoms with Crippen LogP contribution in [-0.4, -0.2) is 49.1 Å². The first-order valence-corrected chi connectivity index (χ1v) is 6.05. The number of hydrogen-bond donors (Lipinski definition) is 0. The third kappa shape index (κ3) is 5.20. The van der Waals surface area contributed by atoms with Crippen LogP contribution in [0.4, 0.5) is 19.0 Å². The van der Waals surface area contributed by atoms with Crippen molar-refractivity contribution in [1.29, 1.82) is 0 Å². The van der Waals surface area contributed by atoms with E-state index in [-0.39, 0.29) is 11.0 Å². The lowest BCUT2D eigenvalue weighted by atomic mass is 10.3. The molecule has 0 aromatic carbocycles. The monoisotopic (exact) mass is 296 g/mol. The van der Waals surface area contributed by atoms with Crippen LogP contribution in [0.3, 0.4) is 0 Å². The first-order valence-electron chi connectivity index (χ1n) is 5.68. The molecule has 0 atom stereocenters. The first-order chi connectivity index (χ1) is 8.70. The minimum absolute atomic E-state index is 0.172. The molecule has 0 spiro atoms. The molecule has 1 aromatic heterocycles. The van der Waals surface area contributed by atoms with Gasteiger partial charge in [0, 0.05) is 19.7 Å². The van der Waals surface area contributed by atoms with Crippen molar-refractivity contribution in [3.8, 4) is 0 Å². The third-order valence-corrected chi connectivity index (χ3v) is 2.62. The molecule has 0 bridgehead atoms. The van der Waals surface area contributed by atoms with E-state index in [4.69, 9.17) is 11.6 Å². The second-order valence-corrected chi connectivity index (χ2v) is 4.84. The lowest BCUT2D eigenvalue weighted by Gasteiger charge is -2.20. The SMILES string of the molecule is CN(C)CCCN(C)c1cc(Cl)nc(C(F)(F)F)n1. The Morgan fingerprint density at radius 3 is 2.32 bits per heavy atom. The zero-order chi connectivity index (χ0) is 14.6. The Morgan fingerprint density at radius 1 is 1.16 bits per heavy atom. The van der Waals surface area contributed by atoms with E-state index in [9.17, 15) is 13.2 Å². The number of anilines is 1. The van der Waals surface area contributed by atoms with Crippen LogP contribution >= 0.6 is 11.6 Å². The Morgan fingerprint density at radius 2 is 1.79 bits per heavy atom. The number of aromatic nitrogens is 2. The fourth-order valence-electron chi connectivity index (χ4n) is 1.47. The Hall–Kier alpha value is -1.08. The normalized spacial score (nSPS) is 12.0. The van der Waals surface area contributed by atoms with Gasteiger partial charge in [-0.2, -0.15) is 13.2 Å².